The van der Waals surface area contributed by atoms with Gasteiger partial charge in [-0.05, 0) is 36.3 Å². The van der Waals surface area contributed by atoms with Gasteiger partial charge in [-0.3, -0.25) is 19.1 Å². The highest BCUT2D eigenvalue weighted by Crippen LogP contribution is 2.22. The number of nitrogen functional groups attached to an aromatic ring is 1. The van der Waals surface area contributed by atoms with E-state index in [4.69, 9.17) is 28.9 Å². The number of carbonyl (C=O) groups is 1. The number of likely N-dealkylation sites (N-methyl/N-ethyl adjacent to an activating group) is 1. The lowest BCUT2D eigenvalue weighted by Crippen LogP contribution is -2.38. The van der Waals surface area contributed by atoms with Crippen LogP contribution in [0.4, 0.5) is 11.5 Å². The van der Waals surface area contributed by atoms with Crippen LogP contribution >= 0.6 is 23.2 Å². The lowest BCUT2D eigenvalue weighted by Gasteiger charge is -2.19. The topological polar surface area (TPSA) is 101 Å². The summed E-state index contributed by atoms with van der Waals surface area (Å²) in [6, 6.07) is 4.86. The summed E-state index contributed by atoms with van der Waals surface area (Å²) in [4.78, 5) is 40.0. The molecule has 0 fully saturated rings. The number of hydrogen-bond donors (Lipinski definition) is 2. The van der Waals surface area contributed by atoms with Gasteiger partial charge in [-0.15, -0.1) is 0 Å². The van der Waals surface area contributed by atoms with E-state index in [9.17, 15) is 14.4 Å². The molecule has 0 radical (unpaired) electrons. The third-order valence-electron chi connectivity index (χ3n) is 3.98. The molecule has 1 aromatic carbocycles. The molecule has 144 valence electrons. The zero-order valence-electron chi connectivity index (χ0n) is 15.0. The van der Waals surface area contributed by atoms with Crippen LogP contribution < -0.4 is 21.9 Å². The summed E-state index contributed by atoms with van der Waals surface area (Å²) in [5, 5.41) is 0.903. The van der Waals surface area contributed by atoms with Crippen molar-refractivity contribution >= 4 is 46.7 Å². The number of aromatic nitrogens is 2. The molecule has 1 amide bonds. The highest BCUT2D eigenvalue weighted by Gasteiger charge is 2.19. The average molecular weight is 411 g/mol. The molecule has 9 heteroatoms. The molecule has 2 aromatic rings. The number of H-pyrrole nitrogens is 1. The van der Waals surface area contributed by atoms with Gasteiger partial charge in [0.15, 0.2) is 5.69 Å². The van der Waals surface area contributed by atoms with Gasteiger partial charge in [-0.1, -0.05) is 36.5 Å². The van der Waals surface area contributed by atoms with E-state index in [0.29, 0.717) is 28.6 Å². The van der Waals surface area contributed by atoms with Crippen molar-refractivity contribution in [2.75, 3.05) is 17.7 Å². The van der Waals surface area contributed by atoms with Gasteiger partial charge >= 0.3 is 5.69 Å². The van der Waals surface area contributed by atoms with Gasteiger partial charge in [0.05, 0.1) is 0 Å². The van der Waals surface area contributed by atoms with Crippen molar-refractivity contribution < 1.29 is 4.79 Å². The van der Waals surface area contributed by atoms with E-state index in [1.807, 2.05) is 6.92 Å². The number of nitrogens with one attached hydrogen (secondary N) is 1. The molecule has 0 saturated heterocycles. The van der Waals surface area contributed by atoms with E-state index in [1.54, 1.807) is 18.2 Å². The number of carbonyl (C=O) groups excluding carboxylic acids is 1. The first-order chi connectivity index (χ1) is 12.8. The van der Waals surface area contributed by atoms with Gasteiger partial charge < -0.3 is 10.6 Å². The summed E-state index contributed by atoms with van der Waals surface area (Å²) in [6.45, 7) is 2.32. The number of benzene rings is 1. The molecule has 0 bridgehead atoms. The predicted molar refractivity (Wildman–Crippen MR) is 110 cm³/mol. The number of anilines is 2. The van der Waals surface area contributed by atoms with Gasteiger partial charge in [-0.25, -0.2) is 4.79 Å². The molecule has 1 aromatic heterocycles. The molecular formula is C18H20Cl2N4O3. The largest absolute Gasteiger partial charge is 0.383 e. The number of nitrogens with two attached hydrogens (primary N) is 1. The number of aromatic amines is 1. The Morgan fingerprint density at radius 2 is 2.04 bits per heavy atom. The molecule has 3 N–H and O–H groups in total. The number of amides is 1. The third kappa shape index (κ3) is 4.81. The molecule has 0 unspecified atom stereocenters. The average Bonchev–Trinajstić information content (AvgIpc) is 2.61. The van der Waals surface area contributed by atoms with Crippen molar-refractivity contribution in [3.8, 4) is 0 Å². The lowest BCUT2D eigenvalue weighted by molar-refractivity contribution is -0.113. The minimum atomic E-state index is -0.727. The van der Waals surface area contributed by atoms with Crippen LogP contribution in [0.1, 0.15) is 25.3 Å². The standard InChI is InChI=1S/C18H20Cl2N4O3/c1-3-4-9-24-16(21)15(17(26)22-18(24)27)23(2)14(25)8-5-11-10-12(19)6-7-13(11)20/h5-8,10H,3-4,9,21H2,1-2H3,(H,22,26,27)/b8-5+. The second-order valence-corrected chi connectivity index (χ2v) is 6.74. The minimum absolute atomic E-state index is 0.0535. The number of rotatable bonds is 6. The fourth-order valence-electron chi connectivity index (χ4n) is 2.47. The zero-order chi connectivity index (χ0) is 20.1. The van der Waals surface area contributed by atoms with Gasteiger partial charge in [0, 0.05) is 29.7 Å². The summed E-state index contributed by atoms with van der Waals surface area (Å²) in [6.07, 6.45) is 4.29. The van der Waals surface area contributed by atoms with Crippen LogP contribution in [0, 0.1) is 0 Å². The Morgan fingerprint density at radius 1 is 1.33 bits per heavy atom. The minimum Gasteiger partial charge on any atom is -0.383 e. The number of nitrogens with zero attached hydrogens (tertiary/aromatic N) is 2. The summed E-state index contributed by atoms with van der Waals surface area (Å²) >= 11 is 12.0. The Morgan fingerprint density at radius 3 is 2.70 bits per heavy atom. The summed E-state index contributed by atoms with van der Waals surface area (Å²) in [7, 11) is 1.40. The maximum atomic E-state index is 12.5. The predicted octanol–water partition coefficient (Wildman–Crippen LogP) is 2.90. The fourth-order valence-corrected chi connectivity index (χ4v) is 2.83. The van der Waals surface area contributed by atoms with Gasteiger partial charge in [0.25, 0.3) is 11.5 Å². The number of unbranched alkanes of at least 4 members (excludes halogenated alkanes) is 1. The van der Waals surface area contributed by atoms with Crippen molar-refractivity contribution in [2.24, 2.45) is 0 Å². The zero-order valence-corrected chi connectivity index (χ0v) is 16.5. The molecule has 0 atom stereocenters. The monoisotopic (exact) mass is 410 g/mol. The number of halogens is 2. The Hall–Kier alpha value is -2.51. The molecule has 7 nitrogen and oxygen atoms in total. The summed E-state index contributed by atoms with van der Waals surface area (Å²) < 4.78 is 1.25. The van der Waals surface area contributed by atoms with Gasteiger partial charge in [-0.2, -0.15) is 0 Å². The van der Waals surface area contributed by atoms with E-state index >= 15 is 0 Å². The summed E-state index contributed by atoms with van der Waals surface area (Å²) in [5.74, 6) is -0.564. The van der Waals surface area contributed by atoms with Crippen molar-refractivity contribution in [3.63, 3.8) is 0 Å². The second kappa shape index (κ2) is 8.92. The Bertz CT molecular complexity index is 995. The second-order valence-electron chi connectivity index (χ2n) is 5.89. The van der Waals surface area contributed by atoms with E-state index in [2.05, 4.69) is 4.98 Å². The van der Waals surface area contributed by atoms with Crippen LogP contribution in [0.25, 0.3) is 6.08 Å². The van der Waals surface area contributed by atoms with Gasteiger partial charge in [0.1, 0.15) is 5.82 Å². The Balaban J connectivity index is 2.36. The SMILES string of the molecule is CCCCn1c(N)c(N(C)C(=O)/C=C/c2cc(Cl)ccc2Cl)c(=O)[nH]c1=O. The van der Waals surface area contributed by atoms with E-state index < -0.39 is 17.2 Å². The molecule has 2 rings (SSSR count). The van der Waals surface area contributed by atoms with Gasteiger partial charge in [0.2, 0.25) is 0 Å². The molecule has 0 saturated carbocycles. The van der Waals surface area contributed by atoms with Crippen LogP contribution in [0.2, 0.25) is 10.0 Å². The first kappa shape index (κ1) is 20.8. The maximum absolute atomic E-state index is 12.5. The van der Waals surface area contributed by atoms with E-state index in [1.165, 1.54) is 23.8 Å². The van der Waals surface area contributed by atoms with Crippen molar-refractivity contribution in [1.82, 2.24) is 9.55 Å². The third-order valence-corrected chi connectivity index (χ3v) is 4.56. The van der Waals surface area contributed by atoms with Crippen LogP contribution in [-0.2, 0) is 11.3 Å². The van der Waals surface area contributed by atoms with Crippen LogP contribution in [0.3, 0.4) is 0 Å². The normalized spacial score (nSPS) is 11.1. The van der Waals surface area contributed by atoms with E-state index in [-0.39, 0.29) is 11.5 Å². The van der Waals surface area contributed by atoms with Crippen LogP contribution in [-0.4, -0.2) is 22.5 Å². The highest BCUT2D eigenvalue weighted by molar-refractivity contribution is 6.34. The first-order valence-electron chi connectivity index (χ1n) is 8.29. The van der Waals surface area contributed by atoms with Crippen LogP contribution in [0.5, 0.6) is 0 Å². The van der Waals surface area contributed by atoms with Crippen molar-refractivity contribution in [2.45, 2.75) is 26.3 Å². The highest BCUT2D eigenvalue weighted by atomic mass is 35.5. The fraction of sp³-hybridized carbons (Fsp3) is 0.278. The molecular weight excluding hydrogens is 391 g/mol. The smallest absolute Gasteiger partial charge is 0.330 e. The molecule has 27 heavy (non-hydrogen) atoms. The quantitative estimate of drug-likeness (QED) is 0.714. The first-order valence-corrected chi connectivity index (χ1v) is 9.05. The number of hydrogen-bond acceptors (Lipinski definition) is 4. The lowest BCUT2D eigenvalue weighted by atomic mass is 10.2. The Labute approximate surface area is 166 Å². The van der Waals surface area contributed by atoms with Crippen LogP contribution in [0.15, 0.2) is 33.9 Å². The van der Waals surface area contributed by atoms with E-state index in [0.717, 1.165) is 11.3 Å². The molecule has 0 aliphatic rings. The maximum Gasteiger partial charge on any atom is 0.330 e. The van der Waals surface area contributed by atoms with Crippen molar-refractivity contribution in [3.05, 3.63) is 60.7 Å². The molecule has 0 aliphatic heterocycles. The summed E-state index contributed by atoms with van der Waals surface area (Å²) in [5.41, 5.74) is 5.15. The Kier molecular flexibility index (Phi) is 6.87. The molecule has 0 spiro atoms. The van der Waals surface area contributed by atoms with Crippen molar-refractivity contribution in [1.29, 1.82) is 0 Å². The molecule has 1 heterocycles. The molecule has 0 aliphatic carbocycles.